The molecule has 0 fully saturated rings. The minimum Gasteiger partial charge on any atom is -0.397 e. The molecule has 4 nitrogen and oxygen atoms in total. The summed E-state index contributed by atoms with van der Waals surface area (Å²) in [5.74, 6) is 1.04. The molecule has 0 aliphatic heterocycles. The maximum Gasteiger partial charge on any atom is 0.225 e. The monoisotopic (exact) mass is 315 g/mol. The fourth-order valence-electron chi connectivity index (χ4n) is 1.71. The zero-order valence-electron chi connectivity index (χ0n) is 12.1. The number of rotatable bonds is 7. The molecule has 20 heavy (non-hydrogen) atoms. The second-order valence-electron chi connectivity index (χ2n) is 4.82. The van der Waals surface area contributed by atoms with Crippen LogP contribution in [0.1, 0.15) is 13.3 Å². The quantitative estimate of drug-likeness (QED) is 0.760. The molecule has 0 aliphatic carbocycles. The van der Waals surface area contributed by atoms with Crippen molar-refractivity contribution in [2.45, 2.75) is 19.4 Å². The highest BCUT2D eigenvalue weighted by Crippen LogP contribution is 2.22. The van der Waals surface area contributed by atoms with Gasteiger partial charge in [0.25, 0.3) is 0 Å². The van der Waals surface area contributed by atoms with E-state index in [1.807, 2.05) is 18.8 Å². The topological polar surface area (TPSA) is 58.4 Å². The van der Waals surface area contributed by atoms with Crippen LogP contribution in [0.2, 0.25) is 5.02 Å². The molecule has 0 saturated heterocycles. The molecular weight excluding hydrogens is 294 g/mol. The largest absolute Gasteiger partial charge is 0.397 e. The van der Waals surface area contributed by atoms with E-state index >= 15 is 0 Å². The Morgan fingerprint density at radius 2 is 2.25 bits per heavy atom. The molecule has 6 heteroatoms. The average molecular weight is 316 g/mol. The highest BCUT2D eigenvalue weighted by atomic mass is 35.5. The first-order valence-corrected chi connectivity index (χ1v) is 8.25. The molecule has 0 saturated carbocycles. The summed E-state index contributed by atoms with van der Waals surface area (Å²) in [7, 11) is 2.04. The van der Waals surface area contributed by atoms with E-state index in [0.717, 1.165) is 12.3 Å². The van der Waals surface area contributed by atoms with E-state index in [-0.39, 0.29) is 5.91 Å². The fraction of sp³-hybridized carbons (Fsp3) is 0.500. The number of hydrogen-bond acceptors (Lipinski definition) is 4. The Morgan fingerprint density at radius 1 is 1.55 bits per heavy atom. The van der Waals surface area contributed by atoms with Crippen molar-refractivity contribution in [3.05, 3.63) is 23.2 Å². The van der Waals surface area contributed by atoms with Crippen LogP contribution in [0.5, 0.6) is 0 Å². The number of nitrogens with zero attached hydrogens (tertiary/aromatic N) is 1. The first kappa shape index (κ1) is 17.1. The van der Waals surface area contributed by atoms with Gasteiger partial charge < -0.3 is 16.0 Å². The van der Waals surface area contributed by atoms with Gasteiger partial charge in [0.1, 0.15) is 0 Å². The molecule has 1 aromatic carbocycles. The van der Waals surface area contributed by atoms with Gasteiger partial charge in [-0.1, -0.05) is 11.6 Å². The summed E-state index contributed by atoms with van der Waals surface area (Å²) >= 11 is 7.65. The van der Waals surface area contributed by atoms with Crippen LogP contribution in [-0.4, -0.2) is 42.4 Å². The number of nitrogens with one attached hydrogen (secondary N) is 1. The molecule has 1 amide bonds. The lowest BCUT2D eigenvalue weighted by Gasteiger charge is -2.23. The third-order valence-corrected chi connectivity index (χ3v) is 4.29. The summed E-state index contributed by atoms with van der Waals surface area (Å²) in [6, 6.07) is 5.56. The molecule has 0 radical (unpaired) electrons. The summed E-state index contributed by atoms with van der Waals surface area (Å²) in [5.41, 5.74) is 6.84. The Kier molecular flexibility index (Phi) is 7.19. The number of carbonyl (C=O) groups is 1. The first-order valence-electron chi connectivity index (χ1n) is 6.48. The van der Waals surface area contributed by atoms with Gasteiger partial charge in [0, 0.05) is 30.4 Å². The first-order chi connectivity index (χ1) is 9.43. The van der Waals surface area contributed by atoms with Crippen LogP contribution in [-0.2, 0) is 4.79 Å². The van der Waals surface area contributed by atoms with Crippen LogP contribution in [0.15, 0.2) is 18.2 Å². The highest BCUT2D eigenvalue weighted by molar-refractivity contribution is 7.98. The van der Waals surface area contributed by atoms with Gasteiger partial charge in [0.15, 0.2) is 0 Å². The number of hydrogen-bond donors (Lipinski definition) is 2. The Morgan fingerprint density at radius 3 is 2.85 bits per heavy atom. The van der Waals surface area contributed by atoms with Crippen LogP contribution in [0.25, 0.3) is 0 Å². The number of carbonyl (C=O) groups excluding carboxylic acids is 1. The van der Waals surface area contributed by atoms with Crippen molar-refractivity contribution in [3.8, 4) is 0 Å². The molecule has 1 aromatic rings. The van der Waals surface area contributed by atoms with Crippen molar-refractivity contribution in [1.82, 2.24) is 4.90 Å². The van der Waals surface area contributed by atoms with Gasteiger partial charge in [0.05, 0.1) is 10.7 Å². The van der Waals surface area contributed by atoms with E-state index in [1.54, 1.807) is 18.2 Å². The lowest BCUT2D eigenvalue weighted by molar-refractivity contribution is -0.116. The van der Waals surface area contributed by atoms with Gasteiger partial charge >= 0.3 is 0 Å². The van der Waals surface area contributed by atoms with E-state index in [4.69, 9.17) is 17.3 Å². The predicted octanol–water partition coefficient (Wildman–Crippen LogP) is 2.93. The fourth-order valence-corrected chi connectivity index (χ4v) is 2.57. The van der Waals surface area contributed by atoms with Gasteiger partial charge in [-0.3, -0.25) is 4.79 Å². The van der Waals surface area contributed by atoms with E-state index in [2.05, 4.69) is 23.4 Å². The van der Waals surface area contributed by atoms with E-state index in [1.165, 1.54) is 0 Å². The molecule has 1 atom stereocenters. The third kappa shape index (κ3) is 5.61. The zero-order chi connectivity index (χ0) is 15.1. The van der Waals surface area contributed by atoms with Crippen LogP contribution in [0.3, 0.4) is 0 Å². The maximum atomic E-state index is 11.9. The minimum absolute atomic E-state index is 0.0186. The van der Waals surface area contributed by atoms with Crippen molar-refractivity contribution in [1.29, 1.82) is 0 Å². The normalized spacial score (nSPS) is 12.4. The molecule has 0 heterocycles. The molecule has 0 aliphatic rings. The number of anilines is 2. The van der Waals surface area contributed by atoms with Gasteiger partial charge in [-0.2, -0.15) is 11.8 Å². The Labute approximate surface area is 130 Å². The zero-order valence-corrected chi connectivity index (χ0v) is 13.7. The van der Waals surface area contributed by atoms with Crippen molar-refractivity contribution >= 4 is 40.6 Å². The van der Waals surface area contributed by atoms with Crippen LogP contribution in [0, 0.1) is 0 Å². The van der Waals surface area contributed by atoms with Crippen molar-refractivity contribution < 1.29 is 4.79 Å². The molecule has 112 valence electrons. The summed E-state index contributed by atoms with van der Waals surface area (Å²) < 4.78 is 0. The lowest BCUT2D eigenvalue weighted by Crippen LogP contribution is -2.33. The van der Waals surface area contributed by atoms with Crippen LogP contribution >= 0.6 is 23.4 Å². The molecular formula is C14H22ClN3OS. The van der Waals surface area contributed by atoms with Gasteiger partial charge in [-0.25, -0.2) is 0 Å². The summed E-state index contributed by atoms with van der Waals surface area (Å²) in [5, 5.41) is 3.32. The van der Waals surface area contributed by atoms with Crippen molar-refractivity contribution in [2.75, 3.05) is 36.7 Å². The number of nitrogen functional groups attached to an aromatic ring is 1. The molecule has 1 rings (SSSR count). The van der Waals surface area contributed by atoms with E-state index in [9.17, 15) is 4.79 Å². The summed E-state index contributed by atoms with van der Waals surface area (Å²) in [6.07, 6.45) is 2.54. The van der Waals surface area contributed by atoms with E-state index in [0.29, 0.717) is 28.9 Å². The van der Waals surface area contributed by atoms with Gasteiger partial charge in [-0.05, 0) is 38.4 Å². The number of thioether (sulfide) groups is 1. The number of nitrogens with two attached hydrogens (primary N) is 1. The second kappa shape index (κ2) is 8.39. The van der Waals surface area contributed by atoms with E-state index < -0.39 is 0 Å². The smallest absolute Gasteiger partial charge is 0.225 e. The van der Waals surface area contributed by atoms with Gasteiger partial charge in [0.2, 0.25) is 5.91 Å². The third-order valence-electron chi connectivity index (χ3n) is 3.13. The molecule has 0 spiro atoms. The Hall–Kier alpha value is -0.910. The highest BCUT2D eigenvalue weighted by Gasteiger charge is 2.11. The number of amides is 1. The molecule has 0 bridgehead atoms. The standard InChI is InChI=1S/C14H22ClN3OS/c1-10(9-20-3)18(2)7-6-14(19)17-11-4-5-12(15)13(16)8-11/h4-5,8,10H,6-7,9,16H2,1-3H3,(H,17,19). The maximum absolute atomic E-state index is 11.9. The Bertz CT molecular complexity index is 456. The molecule has 3 N–H and O–H groups in total. The SMILES string of the molecule is CSCC(C)N(C)CCC(=O)Nc1ccc(Cl)c(N)c1. The number of benzene rings is 1. The Balaban J connectivity index is 2.41. The molecule has 0 aromatic heterocycles. The van der Waals surface area contributed by atoms with Crippen molar-refractivity contribution in [3.63, 3.8) is 0 Å². The second-order valence-corrected chi connectivity index (χ2v) is 6.14. The van der Waals surface area contributed by atoms with Crippen molar-refractivity contribution in [2.24, 2.45) is 0 Å². The minimum atomic E-state index is -0.0186. The summed E-state index contributed by atoms with van der Waals surface area (Å²) in [6.45, 7) is 2.89. The molecule has 1 unspecified atom stereocenters. The average Bonchev–Trinajstić information content (AvgIpc) is 2.40. The summed E-state index contributed by atoms with van der Waals surface area (Å²) in [4.78, 5) is 14.1. The van der Waals surface area contributed by atoms with Gasteiger partial charge in [-0.15, -0.1) is 0 Å². The van der Waals surface area contributed by atoms with Crippen LogP contribution < -0.4 is 11.1 Å². The van der Waals surface area contributed by atoms with Crippen LogP contribution in [0.4, 0.5) is 11.4 Å². The number of halogens is 1. The predicted molar refractivity (Wildman–Crippen MR) is 89.6 cm³/mol. The lowest BCUT2D eigenvalue weighted by atomic mass is 10.2.